The molecule has 4 heteroatoms. The Kier molecular flexibility index (Phi) is 1.83. The van der Waals surface area contributed by atoms with Crippen molar-refractivity contribution in [3.63, 3.8) is 0 Å². The van der Waals surface area contributed by atoms with E-state index in [2.05, 4.69) is 16.2 Å². The van der Waals surface area contributed by atoms with Crippen molar-refractivity contribution in [2.75, 3.05) is 0 Å². The maximum Gasteiger partial charge on any atom is 0.213 e. The summed E-state index contributed by atoms with van der Waals surface area (Å²) in [5, 5.41) is 4.68. The summed E-state index contributed by atoms with van der Waals surface area (Å²) < 4.78 is 4.80. The molecule has 0 N–H and O–H groups in total. The van der Waals surface area contributed by atoms with Gasteiger partial charge in [-0.2, -0.15) is 4.98 Å². The van der Waals surface area contributed by atoms with E-state index in [4.69, 9.17) is 16.1 Å². The summed E-state index contributed by atoms with van der Waals surface area (Å²) in [7, 11) is 0. The zero-order valence-corrected chi connectivity index (χ0v) is 8.74. The van der Waals surface area contributed by atoms with Crippen molar-refractivity contribution in [3.8, 4) is 0 Å². The summed E-state index contributed by atoms with van der Waals surface area (Å²) in [5.74, 6) is 0.768. The van der Waals surface area contributed by atoms with Gasteiger partial charge in [-0.15, -0.1) is 0 Å². The SMILES string of the molecule is Clc1cccc(C2(c3ncon3)CC2)c1. The van der Waals surface area contributed by atoms with Crippen molar-refractivity contribution >= 4 is 11.6 Å². The molecule has 76 valence electrons. The number of halogens is 1. The van der Waals surface area contributed by atoms with E-state index in [1.54, 1.807) is 0 Å². The van der Waals surface area contributed by atoms with Gasteiger partial charge in [-0.3, -0.25) is 0 Å². The van der Waals surface area contributed by atoms with Crippen LogP contribution in [0.25, 0.3) is 0 Å². The maximum absolute atomic E-state index is 5.98. The van der Waals surface area contributed by atoms with Crippen molar-refractivity contribution in [2.45, 2.75) is 18.3 Å². The first kappa shape index (κ1) is 8.92. The third kappa shape index (κ3) is 1.35. The van der Waals surface area contributed by atoms with Crippen LogP contribution in [-0.4, -0.2) is 10.1 Å². The van der Waals surface area contributed by atoms with Crippen molar-refractivity contribution in [1.82, 2.24) is 10.1 Å². The Hall–Kier alpha value is -1.35. The number of aromatic nitrogens is 2. The molecule has 0 aliphatic heterocycles. The molecule has 3 nitrogen and oxygen atoms in total. The van der Waals surface area contributed by atoms with Crippen LogP contribution in [0.15, 0.2) is 35.2 Å². The van der Waals surface area contributed by atoms with E-state index in [9.17, 15) is 0 Å². The van der Waals surface area contributed by atoms with Gasteiger partial charge in [-0.05, 0) is 30.5 Å². The predicted octanol–water partition coefficient (Wildman–Crippen LogP) is 2.80. The molecule has 0 amide bonds. The lowest BCUT2D eigenvalue weighted by Crippen LogP contribution is -2.10. The quantitative estimate of drug-likeness (QED) is 0.781. The third-order valence-electron chi connectivity index (χ3n) is 2.92. The Bertz CT molecular complexity index is 477. The van der Waals surface area contributed by atoms with Gasteiger partial charge in [0.25, 0.3) is 0 Å². The molecular formula is C11H9ClN2O. The van der Waals surface area contributed by atoms with E-state index in [1.165, 1.54) is 12.0 Å². The van der Waals surface area contributed by atoms with Crippen molar-refractivity contribution in [3.05, 3.63) is 47.1 Å². The third-order valence-corrected chi connectivity index (χ3v) is 3.15. The lowest BCUT2D eigenvalue weighted by molar-refractivity contribution is 0.406. The first-order valence-corrected chi connectivity index (χ1v) is 5.22. The van der Waals surface area contributed by atoms with Gasteiger partial charge in [0.15, 0.2) is 5.82 Å². The molecule has 1 aliphatic carbocycles. The van der Waals surface area contributed by atoms with Crippen LogP contribution in [0.3, 0.4) is 0 Å². The van der Waals surface area contributed by atoms with Gasteiger partial charge in [0.1, 0.15) is 0 Å². The fourth-order valence-electron chi connectivity index (χ4n) is 1.93. The van der Waals surface area contributed by atoms with E-state index in [1.807, 2.05) is 18.2 Å². The second kappa shape index (κ2) is 3.07. The smallest absolute Gasteiger partial charge is 0.213 e. The minimum Gasteiger partial charge on any atom is -0.343 e. The van der Waals surface area contributed by atoms with Gasteiger partial charge in [-0.1, -0.05) is 28.9 Å². The number of benzene rings is 1. The van der Waals surface area contributed by atoms with Gasteiger partial charge >= 0.3 is 0 Å². The zero-order valence-electron chi connectivity index (χ0n) is 7.98. The topological polar surface area (TPSA) is 38.9 Å². The Morgan fingerprint density at radius 1 is 1.33 bits per heavy atom. The predicted molar refractivity (Wildman–Crippen MR) is 55.8 cm³/mol. The van der Waals surface area contributed by atoms with Gasteiger partial charge in [0, 0.05) is 5.02 Å². The van der Waals surface area contributed by atoms with E-state index in [0.29, 0.717) is 0 Å². The van der Waals surface area contributed by atoms with Crippen LogP contribution in [-0.2, 0) is 5.41 Å². The first-order chi connectivity index (χ1) is 7.31. The summed E-state index contributed by atoms with van der Waals surface area (Å²) >= 11 is 5.98. The van der Waals surface area contributed by atoms with Gasteiger partial charge in [0.05, 0.1) is 5.41 Å². The molecule has 3 rings (SSSR count). The average molecular weight is 221 g/mol. The second-order valence-corrected chi connectivity index (χ2v) is 4.28. The van der Waals surface area contributed by atoms with Crippen molar-refractivity contribution < 1.29 is 4.52 Å². The van der Waals surface area contributed by atoms with E-state index >= 15 is 0 Å². The Balaban J connectivity index is 2.07. The molecule has 0 saturated heterocycles. The van der Waals surface area contributed by atoms with Gasteiger partial charge < -0.3 is 4.52 Å². The minimum absolute atomic E-state index is 0.0437. The summed E-state index contributed by atoms with van der Waals surface area (Å²) in [4.78, 5) is 4.14. The van der Waals surface area contributed by atoms with Gasteiger partial charge in [-0.25, -0.2) is 0 Å². The lowest BCUT2D eigenvalue weighted by atomic mass is 9.95. The molecule has 0 unspecified atom stereocenters. The summed E-state index contributed by atoms with van der Waals surface area (Å²) in [6.07, 6.45) is 3.50. The first-order valence-electron chi connectivity index (χ1n) is 4.84. The van der Waals surface area contributed by atoms with Gasteiger partial charge in [0.2, 0.25) is 6.39 Å². The van der Waals surface area contributed by atoms with Crippen LogP contribution in [0.1, 0.15) is 24.2 Å². The molecule has 2 aromatic rings. The normalized spacial score (nSPS) is 17.7. The monoisotopic (exact) mass is 220 g/mol. The Morgan fingerprint density at radius 2 is 2.20 bits per heavy atom. The molecule has 1 aliphatic rings. The Labute approximate surface area is 92.1 Å². The van der Waals surface area contributed by atoms with E-state index < -0.39 is 0 Å². The molecule has 0 spiro atoms. The van der Waals surface area contributed by atoms with Crippen LogP contribution >= 0.6 is 11.6 Å². The standard InChI is InChI=1S/C11H9ClN2O/c12-9-3-1-2-8(6-9)11(4-5-11)10-13-7-15-14-10/h1-3,6-7H,4-5H2. The highest BCUT2D eigenvalue weighted by Crippen LogP contribution is 2.52. The highest BCUT2D eigenvalue weighted by molar-refractivity contribution is 6.30. The van der Waals surface area contributed by atoms with Crippen LogP contribution in [0.5, 0.6) is 0 Å². The number of rotatable bonds is 2. The number of nitrogens with zero attached hydrogens (tertiary/aromatic N) is 2. The second-order valence-electron chi connectivity index (χ2n) is 3.85. The molecule has 15 heavy (non-hydrogen) atoms. The average Bonchev–Trinajstić information content (AvgIpc) is 2.87. The highest BCUT2D eigenvalue weighted by atomic mass is 35.5. The van der Waals surface area contributed by atoms with Crippen molar-refractivity contribution in [1.29, 1.82) is 0 Å². The molecule has 0 bridgehead atoms. The fourth-order valence-corrected chi connectivity index (χ4v) is 2.12. The van der Waals surface area contributed by atoms with Crippen LogP contribution in [0, 0.1) is 0 Å². The highest BCUT2D eigenvalue weighted by Gasteiger charge is 2.49. The summed E-state index contributed by atoms with van der Waals surface area (Å²) in [6, 6.07) is 7.87. The molecule has 1 heterocycles. The molecule has 0 radical (unpaired) electrons. The minimum atomic E-state index is -0.0437. The van der Waals surface area contributed by atoms with Crippen LogP contribution < -0.4 is 0 Å². The lowest BCUT2D eigenvalue weighted by Gasteiger charge is -2.10. The molecule has 1 fully saturated rings. The van der Waals surface area contributed by atoms with E-state index in [-0.39, 0.29) is 5.41 Å². The largest absolute Gasteiger partial charge is 0.343 e. The summed E-state index contributed by atoms with van der Waals surface area (Å²) in [5.41, 5.74) is 1.13. The molecule has 1 saturated carbocycles. The van der Waals surface area contributed by atoms with Crippen LogP contribution in [0.4, 0.5) is 0 Å². The Morgan fingerprint density at radius 3 is 2.80 bits per heavy atom. The maximum atomic E-state index is 5.98. The van der Waals surface area contributed by atoms with Crippen LogP contribution in [0.2, 0.25) is 5.02 Å². The van der Waals surface area contributed by atoms with Crippen molar-refractivity contribution in [2.24, 2.45) is 0 Å². The molecule has 1 aromatic carbocycles. The molecular weight excluding hydrogens is 212 g/mol. The molecule has 0 atom stereocenters. The summed E-state index contributed by atoms with van der Waals surface area (Å²) in [6.45, 7) is 0. The molecule has 1 aromatic heterocycles. The number of hydrogen-bond acceptors (Lipinski definition) is 3. The fraction of sp³-hybridized carbons (Fsp3) is 0.273. The van der Waals surface area contributed by atoms with E-state index in [0.717, 1.165) is 23.7 Å². The zero-order chi connectivity index (χ0) is 10.3. The number of hydrogen-bond donors (Lipinski definition) is 0.